The van der Waals surface area contributed by atoms with E-state index in [1.807, 2.05) is 0 Å². The molecule has 0 bridgehead atoms. The van der Waals surface area contributed by atoms with Crippen molar-refractivity contribution >= 4 is 10.8 Å². The third kappa shape index (κ3) is 4.35. The van der Waals surface area contributed by atoms with Gasteiger partial charge >= 0.3 is 0 Å². The second-order valence-electron chi connectivity index (χ2n) is 7.52. The zero-order chi connectivity index (χ0) is 16.1. The summed E-state index contributed by atoms with van der Waals surface area (Å²) in [6.45, 7) is 5.85. The van der Waals surface area contributed by atoms with E-state index in [2.05, 4.69) is 61.6 Å². The van der Waals surface area contributed by atoms with Crippen molar-refractivity contribution in [1.29, 1.82) is 0 Å². The molecule has 1 fully saturated rings. The van der Waals surface area contributed by atoms with Crippen LogP contribution in [0.4, 0.5) is 0 Å². The fourth-order valence-corrected chi connectivity index (χ4v) is 4.27. The molecule has 2 aromatic carbocycles. The molecule has 23 heavy (non-hydrogen) atoms. The Hall–Kier alpha value is -1.34. The van der Waals surface area contributed by atoms with Gasteiger partial charge in [0.05, 0.1) is 0 Å². The van der Waals surface area contributed by atoms with Gasteiger partial charge in [0.2, 0.25) is 0 Å². The molecule has 3 atom stereocenters. The van der Waals surface area contributed by atoms with Crippen LogP contribution in [-0.4, -0.2) is 6.54 Å². The van der Waals surface area contributed by atoms with Gasteiger partial charge in [-0.2, -0.15) is 0 Å². The molecule has 1 heteroatoms. The van der Waals surface area contributed by atoms with Gasteiger partial charge in [0.1, 0.15) is 0 Å². The van der Waals surface area contributed by atoms with Gasteiger partial charge in [-0.1, -0.05) is 68.7 Å². The minimum Gasteiger partial charge on any atom is -0.310 e. The lowest BCUT2D eigenvalue weighted by molar-refractivity contribution is 0.264. The Morgan fingerprint density at radius 1 is 1.09 bits per heavy atom. The highest BCUT2D eigenvalue weighted by atomic mass is 14.9. The molecule has 124 valence electrons. The van der Waals surface area contributed by atoms with Crippen LogP contribution in [-0.2, 0) is 0 Å². The summed E-state index contributed by atoms with van der Waals surface area (Å²) in [5.74, 6) is 1.93. The van der Waals surface area contributed by atoms with Gasteiger partial charge < -0.3 is 5.32 Å². The molecule has 1 N–H and O–H groups in total. The lowest BCUT2D eigenvalue weighted by Gasteiger charge is -2.26. The predicted molar refractivity (Wildman–Crippen MR) is 101 cm³/mol. The largest absolute Gasteiger partial charge is 0.310 e. The lowest BCUT2D eigenvalue weighted by atomic mass is 9.80. The van der Waals surface area contributed by atoms with Crippen LogP contribution in [0.3, 0.4) is 0 Å². The first-order valence-electron chi connectivity index (χ1n) is 9.45. The maximum absolute atomic E-state index is 3.74. The van der Waals surface area contributed by atoms with Crippen LogP contribution in [0.1, 0.15) is 64.0 Å². The van der Waals surface area contributed by atoms with Crippen LogP contribution in [0, 0.1) is 11.8 Å². The lowest BCUT2D eigenvalue weighted by Crippen LogP contribution is -2.21. The number of fused-ring (bicyclic) bond motifs is 1. The number of hydrogen-bond acceptors (Lipinski definition) is 1. The van der Waals surface area contributed by atoms with Crippen molar-refractivity contribution in [1.82, 2.24) is 5.32 Å². The number of rotatable bonds is 6. The minimum absolute atomic E-state index is 0.423. The second kappa shape index (κ2) is 7.97. The molecule has 1 nitrogen and oxygen atoms in total. The summed E-state index contributed by atoms with van der Waals surface area (Å²) < 4.78 is 0. The first-order valence-corrected chi connectivity index (χ1v) is 9.45. The predicted octanol–water partition coefficient (Wildman–Crippen LogP) is 6.10. The quantitative estimate of drug-likeness (QED) is 0.636. The summed E-state index contributed by atoms with van der Waals surface area (Å²) in [5, 5.41) is 6.47. The highest BCUT2D eigenvalue weighted by Crippen LogP contribution is 2.31. The molecule has 0 saturated heterocycles. The molecule has 0 aromatic heterocycles. The molecule has 0 radical (unpaired) electrons. The standard InChI is InChI=1S/C22H31N/c1-17-8-5-9-19(16-17)10-7-15-23-18(2)21-14-6-12-20-11-3-4-13-22(20)21/h3-4,6,11-14,17-19,23H,5,7-10,15-16H2,1-2H3/t17?,18-,19?/m1/s1. The van der Waals surface area contributed by atoms with E-state index in [1.165, 1.54) is 54.9 Å². The van der Waals surface area contributed by atoms with E-state index in [9.17, 15) is 0 Å². The summed E-state index contributed by atoms with van der Waals surface area (Å²) in [7, 11) is 0. The Morgan fingerprint density at radius 2 is 1.91 bits per heavy atom. The Kier molecular flexibility index (Phi) is 5.72. The first kappa shape index (κ1) is 16.5. The second-order valence-corrected chi connectivity index (χ2v) is 7.52. The van der Waals surface area contributed by atoms with E-state index in [4.69, 9.17) is 0 Å². The highest BCUT2D eigenvalue weighted by molar-refractivity contribution is 5.86. The summed E-state index contributed by atoms with van der Waals surface area (Å²) in [6, 6.07) is 15.8. The van der Waals surface area contributed by atoms with Crippen LogP contribution in [0.15, 0.2) is 42.5 Å². The van der Waals surface area contributed by atoms with E-state index in [-0.39, 0.29) is 0 Å². The van der Waals surface area contributed by atoms with Crippen molar-refractivity contribution in [2.75, 3.05) is 6.54 Å². The number of nitrogens with one attached hydrogen (secondary N) is 1. The van der Waals surface area contributed by atoms with E-state index < -0.39 is 0 Å². The normalized spacial score (nSPS) is 23.0. The molecule has 2 aromatic rings. The number of benzene rings is 2. The fourth-order valence-electron chi connectivity index (χ4n) is 4.27. The maximum Gasteiger partial charge on any atom is 0.0297 e. The van der Waals surface area contributed by atoms with Crippen molar-refractivity contribution < 1.29 is 0 Å². The van der Waals surface area contributed by atoms with Gasteiger partial charge in [-0.3, -0.25) is 0 Å². The zero-order valence-electron chi connectivity index (χ0n) is 14.7. The highest BCUT2D eigenvalue weighted by Gasteiger charge is 2.18. The van der Waals surface area contributed by atoms with E-state index in [1.54, 1.807) is 0 Å². The third-order valence-corrected chi connectivity index (χ3v) is 5.57. The first-order chi connectivity index (χ1) is 11.2. The Bertz CT molecular complexity index is 613. The average Bonchev–Trinajstić information content (AvgIpc) is 2.58. The smallest absolute Gasteiger partial charge is 0.0297 e. The van der Waals surface area contributed by atoms with Gasteiger partial charge in [0.15, 0.2) is 0 Å². The Labute approximate surface area is 141 Å². The molecule has 2 unspecified atom stereocenters. The molecule has 0 spiro atoms. The number of hydrogen-bond donors (Lipinski definition) is 1. The van der Waals surface area contributed by atoms with Crippen LogP contribution < -0.4 is 5.32 Å². The van der Waals surface area contributed by atoms with Crippen molar-refractivity contribution in [2.24, 2.45) is 11.8 Å². The van der Waals surface area contributed by atoms with Gasteiger partial charge in [-0.25, -0.2) is 0 Å². The van der Waals surface area contributed by atoms with Crippen LogP contribution in [0.2, 0.25) is 0 Å². The van der Waals surface area contributed by atoms with Gasteiger partial charge in [0, 0.05) is 6.04 Å². The molecule has 0 aliphatic heterocycles. The topological polar surface area (TPSA) is 12.0 Å². The molecule has 3 rings (SSSR count). The molecule has 0 heterocycles. The van der Waals surface area contributed by atoms with E-state index in [0.717, 1.165) is 18.4 Å². The van der Waals surface area contributed by atoms with E-state index in [0.29, 0.717) is 6.04 Å². The summed E-state index contributed by atoms with van der Waals surface area (Å²) in [5.41, 5.74) is 1.43. The SMILES string of the molecule is CC1CCCC(CCCN[C@H](C)c2cccc3ccccc23)C1. The molecule has 1 aliphatic carbocycles. The van der Waals surface area contributed by atoms with E-state index >= 15 is 0 Å². The fraction of sp³-hybridized carbons (Fsp3) is 0.545. The summed E-state index contributed by atoms with van der Waals surface area (Å²) in [6.07, 6.45) is 8.53. The molecular weight excluding hydrogens is 278 g/mol. The Balaban J connectivity index is 1.50. The van der Waals surface area contributed by atoms with Crippen molar-refractivity contribution in [3.05, 3.63) is 48.0 Å². The van der Waals surface area contributed by atoms with Gasteiger partial charge in [0.25, 0.3) is 0 Å². The molecule has 0 amide bonds. The monoisotopic (exact) mass is 309 g/mol. The third-order valence-electron chi connectivity index (χ3n) is 5.57. The van der Waals surface area contributed by atoms with Crippen LogP contribution >= 0.6 is 0 Å². The van der Waals surface area contributed by atoms with Crippen LogP contribution in [0.5, 0.6) is 0 Å². The van der Waals surface area contributed by atoms with Crippen molar-refractivity contribution in [3.8, 4) is 0 Å². The average molecular weight is 309 g/mol. The molecule has 1 aliphatic rings. The van der Waals surface area contributed by atoms with Gasteiger partial charge in [-0.05, 0) is 60.9 Å². The van der Waals surface area contributed by atoms with Crippen molar-refractivity contribution in [2.45, 2.75) is 58.4 Å². The van der Waals surface area contributed by atoms with Crippen molar-refractivity contribution in [3.63, 3.8) is 0 Å². The maximum atomic E-state index is 3.74. The van der Waals surface area contributed by atoms with Gasteiger partial charge in [-0.15, -0.1) is 0 Å². The minimum atomic E-state index is 0.423. The van der Waals surface area contributed by atoms with Crippen LogP contribution in [0.25, 0.3) is 10.8 Å². The Morgan fingerprint density at radius 3 is 2.78 bits per heavy atom. The zero-order valence-corrected chi connectivity index (χ0v) is 14.7. The summed E-state index contributed by atoms with van der Waals surface area (Å²) in [4.78, 5) is 0. The molecule has 1 saturated carbocycles. The summed E-state index contributed by atoms with van der Waals surface area (Å²) >= 11 is 0. The molecular formula is C22H31N.